The van der Waals surface area contributed by atoms with Crippen LogP contribution in [0.5, 0.6) is 0 Å². The van der Waals surface area contributed by atoms with Crippen LogP contribution in [0.2, 0.25) is 0 Å². The third-order valence-electron chi connectivity index (χ3n) is 2.31. The number of thioether (sulfide) groups is 1. The number of nitrogens with zero attached hydrogens (tertiary/aromatic N) is 1. The van der Waals surface area contributed by atoms with Crippen LogP contribution in [-0.2, 0) is 0 Å². The second-order valence-electron chi connectivity index (χ2n) is 4.95. The van der Waals surface area contributed by atoms with Gasteiger partial charge >= 0.3 is 0 Å². The molecule has 0 aromatic heterocycles. The molecule has 2 aliphatic rings. The average Bonchev–Trinajstić information content (AvgIpc) is 2.50. The summed E-state index contributed by atoms with van der Waals surface area (Å²) in [6.45, 7) is 8.10. The molecule has 2 rings (SSSR count). The molecule has 0 fully saturated rings. The van der Waals surface area contributed by atoms with Gasteiger partial charge in [-0.3, -0.25) is 0 Å². The fourth-order valence-corrected chi connectivity index (χ4v) is 2.82. The third kappa shape index (κ3) is 1.93. The molecule has 0 saturated heterocycles. The van der Waals surface area contributed by atoms with Gasteiger partial charge in [-0.15, -0.1) is 0 Å². The van der Waals surface area contributed by atoms with E-state index in [9.17, 15) is 0 Å². The fourth-order valence-electron chi connectivity index (χ4n) is 1.81. The van der Waals surface area contributed by atoms with Gasteiger partial charge in [0.2, 0.25) is 0 Å². The summed E-state index contributed by atoms with van der Waals surface area (Å²) >= 11 is 1.89. The molecule has 72 valence electrons. The molecule has 0 saturated carbocycles. The van der Waals surface area contributed by atoms with Gasteiger partial charge in [0.25, 0.3) is 0 Å². The van der Waals surface area contributed by atoms with Crippen molar-refractivity contribution in [1.82, 2.24) is 4.90 Å². The van der Waals surface area contributed by atoms with Gasteiger partial charge in [-0.25, -0.2) is 0 Å². The van der Waals surface area contributed by atoms with Crippen molar-refractivity contribution in [3.63, 3.8) is 0 Å². The Kier molecular flexibility index (Phi) is 2.18. The van der Waals surface area contributed by atoms with Gasteiger partial charge in [-0.2, -0.15) is 0 Å². The lowest BCUT2D eigenvalue weighted by molar-refractivity contribution is 0.355. The van der Waals surface area contributed by atoms with E-state index in [1.54, 1.807) is 0 Å². The van der Waals surface area contributed by atoms with Gasteiger partial charge in [0.1, 0.15) is 0 Å². The van der Waals surface area contributed by atoms with Crippen LogP contribution in [-0.4, -0.2) is 11.4 Å². The Hall–Kier alpha value is -0.370. The number of hydrogen-bond donors (Lipinski definition) is 0. The zero-order valence-electron chi connectivity index (χ0n) is 8.63. The van der Waals surface area contributed by atoms with Crippen molar-refractivity contribution in [2.24, 2.45) is 5.41 Å². The predicted octanol–water partition coefficient (Wildman–Crippen LogP) is 3.56. The topological polar surface area (TPSA) is 3.24 Å². The Bertz CT molecular complexity index is 270. The Morgan fingerprint density at radius 1 is 1.46 bits per heavy atom. The van der Waals surface area contributed by atoms with Gasteiger partial charge < -0.3 is 4.90 Å². The molecule has 0 atom stereocenters. The maximum atomic E-state index is 2.47. The van der Waals surface area contributed by atoms with E-state index in [2.05, 4.69) is 37.2 Å². The normalized spacial score (nSPS) is 21.6. The van der Waals surface area contributed by atoms with Gasteiger partial charge in [-0.05, 0) is 23.7 Å². The summed E-state index contributed by atoms with van der Waals surface area (Å²) in [6.07, 6.45) is 4.76. The molecule has 1 nitrogen and oxygen atoms in total. The van der Waals surface area contributed by atoms with E-state index in [1.807, 2.05) is 11.8 Å². The standard InChI is InChI=1S/C11H17NS/c1-11(2,3)7-9-8-13-10-5-4-6-12(9)10/h5,8H,4,6-7H2,1-3H3. The molecule has 0 aromatic rings. The van der Waals surface area contributed by atoms with Gasteiger partial charge in [0.05, 0.1) is 5.03 Å². The molecule has 2 heteroatoms. The van der Waals surface area contributed by atoms with E-state index >= 15 is 0 Å². The van der Waals surface area contributed by atoms with Crippen LogP contribution in [0, 0.1) is 5.41 Å². The van der Waals surface area contributed by atoms with Crippen LogP contribution in [0.4, 0.5) is 0 Å². The van der Waals surface area contributed by atoms with Gasteiger partial charge in [0.15, 0.2) is 0 Å². The summed E-state index contributed by atoms with van der Waals surface area (Å²) in [6, 6.07) is 0. The molecule has 0 unspecified atom stereocenters. The van der Waals surface area contributed by atoms with Crippen LogP contribution in [0.15, 0.2) is 22.2 Å². The third-order valence-corrected chi connectivity index (χ3v) is 3.33. The first-order chi connectivity index (χ1) is 6.06. The van der Waals surface area contributed by atoms with Gasteiger partial charge in [0, 0.05) is 12.2 Å². The molecule has 0 N–H and O–H groups in total. The SMILES string of the molecule is CC(C)(C)CC1=CSC2=CCCN12. The van der Waals surface area contributed by atoms with Crippen molar-refractivity contribution in [3.05, 3.63) is 22.2 Å². The molecule has 0 spiro atoms. The lowest BCUT2D eigenvalue weighted by Crippen LogP contribution is -2.18. The summed E-state index contributed by atoms with van der Waals surface area (Å²) in [4.78, 5) is 2.47. The molecular weight excluding hydrogens is 178 g/mol. The summed E-state index contributed by atoms with van der Waals surface area (Å²) in [5, 5.41) is 3.77. The van der Waals surface area contributed by atoms with Crippen molar-refractivity contribution in [3.8, 4) is 0 Å². The maximum absolute atomic E-state index is 2.47. The highest BCUT2D eigenvalue weighted by Gasteiger charge is 2.27. The highest BCUT2D eigenvalue weighted by atomic mass is 32.2. The lowest BCUT2D eigenvalue weighted by atomic mass is 9.90. The number of rotatable bonds is 1. The smallest absolute Gasteiger partial charge is 0.0753 e. The summed E-state index contributed by atoms with van der Waals surface area (Å²) in [5.74, 6) is 0. The molecule has 0 aliphatic carbocycles. The predicted molar refractivity (Wildman–Crippen MR) is 59.2 cm³/mol. The van der Waals surface area contributed by atoms with E-state index in [0.717, 1.165) is 0 Å². The largest absolute Gasteiger partial charge is 0.339 e. The highest BCUT2D eigenvalue weighted by Crippen LogP contribution is 2.42. The second-order valence-corrected chi connectivity index (χ2v) is 5.84. The Morgan fingerprint density at radius 3 is 2.92 bits per heavy atom. The summed E-state index contributed by atoms with van der Waals surface area (Å²) < 4.78 is 0. The van der Waals surface area contributed by atoms with Gasteiger partial charge in [-0.1, -0.05) is 38.6 Å². The lowest BCUT2D eigenvalue weighted by Gasteiger charge is -2.25. The van der Waals surface area contributed by atoms with E-state index in [0.29, 0.717) is 5.41 Å². The monoisotopic (exact) mass is 195 g/mol. The minimum Gasteiger partial charge on any atom is -0.339 e. The Balaban J connectivity index is 2.06. The minimum absolute atomic E-state index is 0.407. The first kappa shape index (κ1) is 9.20. The number of hydrogen-bond acceptors (Lipinski definition) is 2. The van der Waals surface area contributed by atoms with Crippen LogP contribution >= 0.6 is 11.8 Å². The number of allylic oxidation sites excluding steroid dienone is 1. The summed E-state index contributed by atoms with van der Waals surface area (Å²) in [7, 11) is 0. The van der Waals surface area contributed by atoms with Crippen molar-refractivity contribution < 1.29 is 0 Å². The number of fused-ring (bicyclic) bond motifs is 1. The van der Waals surface area contributed by atoms with Crippen LogP contribution in [0.25, 0.3) is 0 Å². The molecule has 0 radical (unpaired) electrons. The Labute approximate surface area is 84.9 Å². The zero-order chi connectivity index (χ0) is 9.47. The second kappa shape index (κ2) is 3.09. The molecular formula is C11H17NS. The minimum atomic E-state index is 0.407. The molecule has 13 heavy (non-hydrogen) atoms. The first-order valence-corrected chi connectivity index (χ1v) is 5.78. The molecule has 0 bridgehead atoms. The van der Waals surface area contributed by atoms with E-state index in [1.165, 1.54) is 30.1 Å². The van der Waals surface area contributed by atoms with E-state index in [4.69, 9.17) is 0 Å². The summed E-state index contributed by atoms with van der Waals surface area (Å²) in [5.41, 5.74) is 1.92. The Morgan fingerprint density at radius 2 is 2.23 bits per heavy atom. The van der Waals surface area contributed by atoms with E-state index in [-0.39, 0.29) is 0 Å². The fraction of sp³-hybridized carbons (Fsp3) is 0.636. The maximum Gasteiger partial charge on any atom is 0.0753 e. The van der Waals surface area contributed by atoms with Crippen molar-refractivity contribution >= 4 is 11.8 Å². The zero-order valence-corrected chi connectivity index (χ0v) is 9.45. The average molecular weight is 195 g/mol. The van der Waals surface area contributed by atoms with Crippen molar-refractivity contribution in [2.45, 2.75) is 33.6 Å². The van der Waals surface area contributed by atoms with Crippen molar-refractivity contribution in [1.29, 1.82) is 0 Å². The van der Waals surface area contributed by atoms with E-state index < -0.39 is 0 Å². The van der Waals surface area contributed by atoms with Crippen LogP contribution in [0.1, 0.15) is 33.6 Å². The highest BCUT2D eigenvalue weighted by molar-refractivity contribution is 8.06. The first-order valence-electron chi connectivity index (χ1n) is 4.90. The van der Waals surface area contributed by atoms with Crippen LogP contribution in [0.3, 0.4) is 0 Å². The van der Waals surface area contributed by atoms with Crippen molar-refractivity contribution in [2.75, 3.05) is 6.54 Å². The molecule has 0 amide bonds. The molecule has 2 aliphatic heterocycles. The molecule has 2 heterocycles. The molecule has 0 aromatic carbocycles. The quantitative estimate of drug-likeness (QED) is 0.629. The van der Waals surface area contributed by atoms with Crippen LogP contribution < -0.4 is 0 Å².